The zero-order chi connectivity index (χ0) is 34.0. The number of nitrogens with zero attached hydrogens (tertiary/aromatic N) is 2. The van der Waals surface area contributed by atoms with E-state index in [-0.39, 0.29) is 48.9 Å². The van der Waals surface area contributed by atoms with E-state index in [1.807, 2.05) is 19.2 Å². The van der Waals surface area contributed by atoms with Crippen LogP contribution in [0.4, 0.5) is 0 Å². The molecule has 2 aliphatic heterocycles. The fourth-order valence-corrected chi connectivity index (χ4v) is 8.23. The Labute approximate surface area is 284 Å². The van der Waals surface area contributed by atoms with Gasteiger partial charge in [-0.05, 0) is 86.9 Å². The average molecular weight is 689 g/mol. The molecule has 2 aliphatic rings. The van der Waals surface area contributed by atoms with Crippen LogP contribution in [0.2, 0.25) is 5.02 Å². The standard InChI is InChI=1S/C34H49ClN6O5S/c1-24(39-47(45,46)23-25-7-4-3-5-8-25)26(11-13-32(42)40(2)30-14-16-37-17-15-30)20-33(43)41-18-6-9-31(41)34(44)38-22-28-19-29(35)12-10-27(28)21-36/h3-5,7-8,10,12,19,24,26,30-31,37,39H,6,9,11,13-18,20-23,36H2,1-2H3,(H,38,44). The van der Waals surface area contributed by atoms with Crippen molar-refractivity contribution in [1.29, 1.82) is 0 Å². The highest BCUT2D eigenvalue weighted by Gasteiger charge is 2.36. The van der Waals surface area contributed by atoms with Gasteiger partial charge in [0.25, 0.3) is 0 Å². The molecule has 47 heavy (non-hydrogen) atoms. The van der Waals surface area contributed by atoms with Crippen molar-refractivity contribution in [2.45, 2.75) is 88.8 Å². The lowest BCUT2D eigenvalue weighted by atomic mass is 9.91. The number of amides is 3. The molecule has 0 aromatic heterocycles. The van der Waals surface area contributed by atoms with Gasteiger partial charge in [-0.25, -0.2) is 13.1 Å². The monoisotopic (exact) mass is 688 g/mol. The molecular weight excluding hydrogens is 640 g/mol. The van der Waals surface area contributed by atoms with Crippen molar-refractivity contribution in [3.8, 4) is 0 Å². The summed E-state index contributed by atoms with van der Waals surface area (Å²) in [5.74, 6) is -1.16. The number of likely N-dealkylation sites (tertiary alicyclic amines) is 1. The minimum Gasteiger partial charge on any atom is -0.350 e. The number of piperidine rings is 1. The van der Waals surface area contributed by atoms with Crippen molar-refractivity contribution >= 4 is 39.3 Å². The average Bonchev–Trinajstić information content (AvgIpc) is 3.56. The summed E-state index contributed by atoms with van der Waals surface area (Å²) in [7, 11) is -1.91. The van der Waals surface area contributed by atoms with Gasteiger partial charge in [-0.1, -0.05) is 48.0 Å². The van der Waals surface area contributed by atoms with Crippen LogP contribution in [0.25, 0.3) is 0 Å². The number of carbonyl (C=O) groups excluding carboxylic acids is 3. The molecule has 258 valence electrons. The van der Waals surface area contributed by atoms with Gasteiger partial charge in [0.05, 0.1) is 5.75 Å². The number of benzene rings is 2. The van der Waals surface area contributed by atoms with Crippen LogP contribution in [0, 0.1) is 5.92 Å². The second-order valence-corrected chi connectivity index (χ2v) is 14.9. The quantitative estimate of drug-likeness (QED) is 0.224. The summed E-state index contributed by atoms with van der Waals surface area (Å²) in [6.45, 7) is 4.44. The Balaban J connectivity index is 1.43. The number of hydrogen-bond donors (Lipinski definition) is 4. The van der Waals surface area contributed by atoms with Crippen LogP contribution >= 0.6 is 11.6 Å². The molecule has 2 fully saturated rings. The normalized spacial score (nSPS) is 18.5. The lowest BCUT2D eigenvalue weighted by molar-refractivity contribution is -0.139. The second kappa shape index (κ2) is 17.4. The first-order chi connectivity index (χ1) is 22.5. The fourth-order valence-electron chi connectivity index (χ4n) is 6.56. The van der Waals surface area contributed by atoms with Crippen molar-refractivity contribution in [3.05, 3.63) is 70.2 Å². The highest BCUT2D eigenvalue weighted by molar-refractivity contribution is 7.88. The molecule has 11 nitrogen and oxygen atoms in total. The van der Waals surface area contributed by atoms with Gasteiger partial charge in [0.15, 0.2) is 0 Å². The molecule has 4 rings (SSSR count). The summed E-state index contributed by atoms with van der Waals surface area (Å²) in [5, 5.41) is 6.81. The van der Waals surface area contributed by atoms with Crippen molar-refractivity contribution in [2.24, 2.45) is 11.7 Å². The first kappa shape index (κ1) is 36.8. The maximum atomic E-state index is 13.8. The van der Waals surface area contributed by atoms with Gasteiger partial charge < -0.3 is 26.2 Å². The van der Waals surface area contributed by atoms with Gasteiger partial charge in [-0.2, -0.15) is 0 Å². The minimum atomic E-state index is -3.73. The molecule has 2 aromatic rings. The summed E-state index contributed by atoms with van der Waals surface area (Å²) in [4.78, 5) is 43.8. The third-order valence-corrected chi connectivity index (χ3v) is 11.1. The van der Waals surface area contributed by atoms with E-state index in [0.29, 0.717) is 42.9 Å². The first-order valence-corrected chi connectivity index (χ1v) is 18.5. The molecule has 0 saturated carbocycles. The predicted molar refractivity (Wildman–Crippen MR) is 184 cm³/mol. The molecule has 3 amide bonds. The van der Waals surface area contributed by atoms with Crippen LogP contribution in [0.5, 0.6) is 0 Å². The lowest BCUT2D eigenvalue weighted by Crippen LogP contribution is -2.47. The highest BCUT2D eigenvalue weighted by Crippen LogP contribution is 2.25. The van der Waals surface area contributed by atoms with Crippen LogP contribution in [0.3, 0.4) is 0 Å². The zero-order valence-electron chi connectivity index (χ0n) is 27.4. The van der Waals surface area contributed by atoms with Crippen LogP contribution in [0.15, 0.2) is 48.5 Å². The summed E-state index contributed by atoms with van der Waals surface area (Å²) in [6.07, 6.45) is 3.49. The molecule has 3 atom stereocenters. The van der Waals surface area contributed by atoms with Crippen LogP contribution in [0.1, 0.15) is 68.6 Å². The zero-order valence-corrected chi connectivity index (χ0v) is 29.0. The summed E-state index contributed by atoms with van der Waals surface area (Å²) in [6, 6.07) is 13.2. The van der Waals surface area contributed by atoms with Crippen LogP contribution in [-0.2, 0) is 43.2 Å². The van der Waals surface area contributed by atoms with Crippen molar-refractivity contribution < 1.29 is 22.8 Å². The van der Waals surface area contributed by atoms with Gasteiger partial charge in [0, 0.05) is 56.6 Å². The molecule has 2 aromatic carbocycles. The van der Waals surface area contributed by atoms with Crippen LogP contribution in [-0.4, -0.2) is 80.7 Å². The Morgan fingerprint density at radius 2 is 1.81 bits per heavy atom. The number of halogens is 1. The number of carbonyl (C=O) groups is 3. The van der Waals surface area contributed by atoms with E-state index >= 15 is 0 Å². The summed E-state index contributed by atoms with van der Waals surface area (Å²) >= 11 is 6.16. The molecule has 2 saturated heterocycles. The summed E-state index contributed by atoms with van der Waals surface area (Å²) < 4.78 is 29.1. The maximum absolute atomic E-state index is 13.8. The number of rotatable bonds is 15. The van der Waals surface area contributed by atoms with Gasteiger partial charge in [-0.15, -0.1) is 0 Å². The van der Waals surface area contributed by atoms with E-state index in [0.717, 1.165) is 37.1 Å². The number of hydrogen-bond acceptors (Lipinski definition) is 7. The van der Waals surface area contributed by atoms with E-state index in [9.17, 15) is 22.8 Å². The molecule has 0 radical (unpaired) electrons. The Kier molecular flexibility index (Phi) is 13.6. The lowest BCUT2D eigenvalue weighted by Gasteiger charge is -2.33. The third-order valence-electron chi connectivity index (χ3n) is 9.40. The first-order valence-electron chi connectivity index (χ1n) is 16.5. The van der Waals surface area contributed by atoms with E-state index in [2.05, 4.69) is 15.4 Å². The molecule has 0 spiro atoms. The molecule has 3 unspecified atom stereocenters. The summed E-state index contributed by atoms with van der Waals surface area (Å²) in [5.41, 5.74) is 8.21. The molecule has 5 N–H and O–H groups in total. The predicted octanol–water partition coefficient (Wildman–Crippen LogP) is 2.91. The van der Waals surface area contributed by atoms with E-state index in [4.69, 9.17) is 17.3 Å². The third kappa shape index (κ3) is 10.7. The molecule has 0 aliphatic carbocycles. The van der Waals surface area contributed by atoms with Gasteiger partial charge in [-0.3, -0.25) is 14.4 Å². The van der Waals surface area contributed by atoms with E-state index < -0.39 is 28.0 Å². The SMILES string of the molecule is CC(NS(=O)(=O)Cc1ccccc1)C(CCC(=O)N(C)C1CCNCC1)CC(=O)N1CCCC1C(=O)NCc1cc(Cl)ccc1CN. The van der Waals surface area contributed by atoms with Crippen LogP contribution < -0.4 is 21.1 Å². The van der Waals surface area contributed by atoms with Gasteiger partial charge in [0.1, 0.15) is 6.04 Å². The molecule has 2 heterocycles. The number of nitrogens with two attached hydrogens (primary N) is 1. The largest absolute Gasteiger partial charge is 0.350 e. The Morgan fingerprint density at radius 1 is 1.09 bits per heavy atom. The highest BCUT2D eigenvalue weighted by atomic mass is 35.5. The molecule has 13 heteroatoms. The Bertz CT molecular complexity index is 1470. The van der Waals surface area contributed by atoms with Gasteiger partial charge >= 0.3 is 0 Å². The minimum absolute atomic E-state index is 0.00869. The van der Waals surface area contributed by atoms with E-state index in [1.54, 1.807) is 53.1 Å². The topological polar surface area (TPSA) is 154 Å². The molecule has 0 bridgehead atoms. The maximum Gasteiger partial charge on any atom is 0.243 e. The molecular formula is C34H49ClN6O5S. The van der Waals surface area contributed by atoms with Gasteiger partial charge in [0.2, 0.25) is 27.7 Å². The number of nitrogens with one attached hydrogen (secondary N) is 3. The fraction of sp³-hybridized carbons (Fsp3) is 0.559. The van der Waals surface area contributed by atoms with Crippen molar-refractivity contribution in [3.63, 3.8) is 0 Å². The number of sulfonamides is 1. The second-order valence-electron chi connectivity index (χ2n) is 12.7. The van der Waals surface area contributed by atoms with E-state index in [1.165, 1.54) is 0 Å². The Morgan fingerprint density at radius 3 is 2.51 bits per heavy atom. The van der Waals surface area contributed by atoms with Crippen molar-refractivity contribution in [2.75, 3.05) is 26.7 Å². The smallest absolute Gasteiger partial charge is 0.243 e. The van der Waals surface area contributed by atoms with Crippen molar-refractivity contribution in [1.82, 2.24) is 25.2 Å². The Hall–Kier alpha value is -3.03.